The summed E-state index contributed by atoms with van der Waals surface area (Å²) in [6.45, 7) is 9.26. The van der Waals surface area contributed by atoms with Crippen molar-refractivity contribution in [2.45, 2.75) is 213 Å². The number of hydrogen-bond donors (Lipinski definition) is 2. The lowest BCUT2D eigenvalue weighted by Crippen LogP contribution is -2.38. The summed E-state index contributed by atoms with van der Waals surface area (Å²) in [5, 5.41) is 21.3. The number of aliphatic hydroxyl groups excluding tert-OH is 2. The first-order valence-electron chi connectivity index (χ1n) is 18.2. The molecule has 3 heteroatoms. The highest BCUT2D eigenvalue weighted by molar-refractivity contribution is 4.70. The highest BCUT2D eigenvalue weighted by Crippen LogP contribution is 2.15. The maximum atomic E-state index is 10.7. The van der Waals surface area contributed by atoms with Gasteiger partial charge in [0.25, 0.3) is 0 Å². The average Bonchev–Trinajstić information content (AvgIpc) is 2.93. The van der Waals surface area contributed by atoms with Crippen molar-refractivity contribution < 1.29 is 10.2 Å². The van der Waals surface area contributed by atoms with E-state index in [-0.39, 0.29) is 12.2 Å². The summed E-state index contributed by atoms with van der Waals surface area (Å²) >= 11 is 0. The molecule has 0 spiro atoms. The van der Waals surface area contributed by atoms with E-state index in [9.17, 15) is 10.2 Å². The number of unbranched alkanes of at least 4 members (excludes halogenated alkanes) is 23. The summed E-state index contributed by atoms with van der Waals surface area (Å²) in [5.74, 6) is 0. The third kappa shape index (κ3) is 30.7. The van der Waals surface area contributed by atoms with Gasteiger partial charge in [-0.2, -0.15) is 0 Å². The second kappa shape index (κ2) is 32.4. The average molecular weight is 554 g/mol. The van der Waals surface area contributed by atoms with Crippen molar-refractivity contribution >= 4 is 0 Å². The minimum Gasteiger partial charge on any atom is -0.392 e. The van der Waals surface area contributed by atoms with Crippen molar-refractivity contribution in [3.05, 3.63) is 0 Å². The number of hydrogen-bond acceptors (Lipinski definition) is 3. The van der Waals surface area contributed by atoms with Crippen LogP contribution in [0.25, 0.3) is 0 Å². The van der Waals surface area contributed by atoms with Gasteiger partial charge >= 0.3 is 0 Å². The molecule has 0 aromatic carbocycles. The summed E-state index contributed by atoms with van der Waals surface area (Å²) in [5.41, 5.74) is 0. The van der Waals surface area contributed by atoms with Crippen LogP contribution in [-0.2, 0) is 0 Å². The van der Waals surface area contributed by atoms with Gasteiger partial charge in [-0.15, -0.1) is 0 Å². The van der Waals surface area contributed by atoms with Gasteiger partial charge in [0.05, 0.1) is 12.2 Å². The van der Waals surface area contributed by atoms with Gasteiger partial charge in [0.15, 0.2) is 0 Å². The molecule has 3 nitrogen and oxygen atoms in total. The van der Waals surface area contributed by atoms with Gasteiger partial charge in [0.1, 0.15) is 0 Å². The molecule has 0 aliphatic rings. The van der Waals surface area contributed by atoms with E-state index in [0.717, 1.165) is 51.7 Å². The summed E-state index contributed by atoms with van der Waals surface area (Å²) in [7, 11) is 0. The summed E-state index contributed by atoms with van der Waals surface area (Å²) < 4.78 is 0. The van der Waals surface area contributed by atoms with Gasteiger partial charge in [0, 0.05) is 13.1 Å². The molecule has 0 saturated heterocycles. The van der Waals surface area contributed by atoms with Crippen LogP contribution in [0.1, 0.15) is 201 Å². The molecule has 0 aromatic rings. The molecule has 2 atom stereocenters. The van der Waals surface area contributed by atoms with Crippen molar-refractivity contribution in [1.29, 1.82) is 0 Å². The maximum absolute atomic E-state index is 10.7. The van der Waals surface area contributed by atoms with Crippen LogP contribution in [0.5, 0.6) is 0 Å². The summed E-state index contributed by atoms with van der Waals surface area (Å²) in [6.07, 6.45) is 36.3. The van der Waals surface area contributed by atoms with Gasteiger partial charge in [-0.3, -0.25) is 4.90 Å². The first kappa shape index (κ1) is 38.9. The third-order valence-corrected chi connectivity index (χ3v) is 8.55. The Labute approximate surface area is 247 Å². The van der Waals surface area contributed by atoms with E-state index in [2.05, 4.69) is 25.7 Å². The fourth-order valence-corrected chi connectivity index (χ4v) is 5.86. The largest absolute Gasteiger partial charge is 0.392 e. The maximum Gasteiger partial charge on any atom is 0.0667 e. The molecular formula is C36H75NO2. The van der Waals surface area contributed by atoms with Crippen LogP contribution < -0.4 is 0 Å². The minimum absolute atomic E-state index is 0.246. The number of nitrogens with zero attached hydrogens (tertiary/aromatic N) is 1. The Kier molecular flexibility index (Phi) is 32.3. The normalized spacial score (nSPS) is 13.4. The van der Waals surface area contributed by atoms with E-state index in [1.54, 1.807) is 0 Å². The molecule has 0 heterocycles. The molecular weight excluding hydrogens is 478 g/mol. The molecule has 0 aliphatic carbocycles. The zero-order valence-corrected chi connectivity index (χ0v) is 27.4. The van der Waals surface area contributed by atoms with Gasteiger partial charge in [0.2, 0.25) is 0 Å². The third-order valence-electron chi connectivity index (χ3n) is 8.55. The second-order valence-electron chi connectivity index (χ2n) is 12.8. The fourth-order valence-electron chi connectivity index (χ4n) is 5.86. The van der Waals surface area contributed by atoms with E-state index < -0.39 is 0 Å². The standard InChI is InChI=1S/C36H75NO2/c1-4-7-10-12-14-16-18-20-22-24-26-28-30-35(38)33-37(32-9-6-3)34-36(39)31-29-27-25-23-21-19-17-15-13-11-8-5-2/h35-36,38-39H,4-34H2,1-3H3. The van der Waals surface area contributed by atoms with Crippen LogP contribution in [0.15, 0.2) is 0 Å². The van der Waals surface area contributed by atoms with Crippen molar-refractivity contribution in [3.8, 4) is 0 Å². The zero-order valence-electron chi connectivity index (χ0n) is 27.4. The van der Waals surface area contributed by atoms with Crippen LogP contribution in [0.2, 0.25) is 0 Å². The lowest BCUT2D eigenvalue weighted by molar-refractivity contribution is 0.0598. The van der Waals surface area contributed by atoms with Crippen molar-refractivity contribution in [2.24, 2.45) is 0 Å². The fraction of sp³-hybridized carbons (Fsp3) is 1.00. The van der Waals surface area contributed by atoms with E-state index in [0.29, 0.717) is 0 Å². The molecule has 0 aromatic heterocycles. The topological polar surface area (TPSA) is 43.7 Å². The van der Waals surface area contributed by atoms with E-state index >= 15 is 0 Å². The molecule has 0 radical (unpaired) electrons. The van der Waals surface area contributed by atoms with Crippen LogP contribution in [-0.4, -0.2) is 47.0 Å². The van der Waals surface area contributed by atoms with Crippen LogP contribution >= 0.6 is 0 Å². The number of rotatable bonds is 33. The van der Waals surface area contributed by atoms with E-state index in [1.165, 1.54) is 148 Å². The molecule has 0 aliphatic heterocycles. The first-order valence-corrected chi connectivity index (χ1v) is 18.2. The number of aliphatic hydroxyl groups is 2. The second-order valence-corrected chi connectivity index (χ2v) is 12.8. The van der Waals surface area contributed by atoms with Crippen molar-refractivity contribution in [1.82, 2.24) is 4.90 Å². The van der Waals surface area contributed by atoms with Crippen molar-refractivity contribution in [3.63, 3.8) is 0 Å². The van der Waals surface area contributed by atoms with Gasteiger partial charge in [-0.25, -0.2) is 0 Å². The Morgan fingerprint density at radius 2 is 0.615 bits per heavy atom. The lowest BCUT2D eigenvalue weighted by Gasteiger charge is -2.27. The lowest BCUT2D eigenvalue weighted by atomic mass is 10.0. The Balaban J connectivity index is 3.76. The predicted octanol–water partition coefficient (Wildman–Crippen LogP) is 11.0. The summed E-state index contributed by atoms with van der Waals surface area (Å²) in [4.78, 5) is 2.33. The molecule has 236 valence electrons. The molecule has 0 fully saturated rings. The highest BCUT2D eigenvalue weighted by Gasteiger charge is 2.15. The Morgan fingerprint density at radius 1 is 0.359 bits per heavy atom. The molecule has 39 heavy (non-hydrogen) atoms. The van der Waals surface area contributed by atoms with Gasteiger partial charge < -0.3 is 10.2 Å². The SMILES string of the molecule is CCCCCCCCCCCCCCC(O)CN(CCCC)CC(O)CCCCCCCCCCCCCC. The Morgan fingerprint density at radius 3 is 0.897 bits per heavy atom. The molecule has 0 bridgehead atoms. The van der Waals surface area contributed by atoms with Gasteiger partial charge in [-0.05, 0) is 25.8 Å². The molecule has 0 amide bonds. The summed E-state index contributed by atoms with van der Waals surface area (Å²) in [6, 6.07) is 0. The van der Waals surface area contributed by atoms with Crippen LogP contribution in [0.4, 0.5) is 0 Å². The molecule has 2 unspecified atom stereocenters. The van der Waals surface area contributed by atoms with Crippen LogP contribution in [0.3, 0.4) is 0 Å². The highest BCUT2D eigenvalue weighted by atomic mass is 16.3. The van der Waals surface area contributed by atoms with E-state index in [4.69, 9.17) is 0 Å². The first-order chi connectivity index (χ1) is 19.1. The molecule has 0 saturated carbocycles. The van der Waals surface area contributed by atoms with E-state index in [1.807, 2.05) is 0 Å². The Bertz CT molecular complexity index is 408. The monoisotopic (exact) mass is 554 g/mol. The molecule has 0 rings (SSSR count). The quantitative estimate of drug-likeness (QED) is 0.0794. The predicted molar refractivity (Wildman–Crippen MR) is 175 cm³/mol. The minimum atomic E-state index is -0.246. The van der Waals surface area contributed by atoms with Gasteiger partial charge in [-0.1, -0.05) is 181 Å². The van der Waals surface area contributed by atoms with Crippen LogP contribution in [0, 0.1) is 0 Å². The zero-order chi connectivity index (χ0) is 28.7. The van der Waals surface area contributed by atoms with Crippen molar-refractivity contribution in [2.75, 3.05) is 19.6 Å². The smallest absolute Gasteiger partial charge is 0.0667 e. The Hall–Kier alpha value is -0.120. The molecule has 2 N–H and O–H groups in total.